The van der Waals surface area contributed by atoms with Crippen molar-refractivity contribution in [1.29, 1.82) is 0 Å². The van der Waals surface area contributed by atoms with E-state index in [-0.39, 0.29) is 0 Å². The molecule has 0 aromatic carbocycles. The van der Waals surface area contributed by atoms with Gasteiger partial charge in [0.15, 0.2) is 5.22 Å². The van der Waals surface area contributed by atoms with Gasteiger partial charge in [0.1, 0.15) is 5.76 Å². The molecule has 1 N–H and O–H groups in total. The van der Waals surface area contributed by atoms with E-state index in [0.29, 0.717) is 5.22 Å². The molecule has 1 aliphatic rings. The molecule has 1 aromatic heterocycles. The summed E-state index contributed by atoms with van der Waals surface area (Å²) in [6.45, 7) is 2.96. The second-order valence-corrected chi connectivity index (χ2v) is 5.88. The molecule has 0 radical (unpaired) electrons. The highest BCUT2D eigenvalue weighted by Crippen LogP contribution is 2.21. The fraction of sp³-hybridized carbons (Fsp3) is 0.733. The highest BCUT2D eigenvalue weighted by atomic mass is 35.5. The summed E-state index contributed by atoms with van der Waals surface area (Å²) in [5.74, 6) is 0.908. The highest BCUT2D eigenvalue weighted by Gasteiger charge is 2.17. The van der Waals surface area contributed by atoms with Gasteiger partial charge in [0.25, 0.3) is 0 Å². The van der Waals surface area contributed by atoms with E-state index in [0.717, 1.165) is 24.9 Å². The topological polar surface area (TPSA) is 28.4 Å². The lowest BCUT2D eigenvalue weighted by molar-refractivity contribution is 0.189. The largest absolute Gasteiger partial charge is 0.448 e. The molecule has 0 aliphatic heterocycles. The van der Waals surface area contributed by atoms with Gasteiger partial charge in [-0.25, -0.2) is 0 Å². The van der Waals surface area contributed by atoms with Crippen LogP contribution in [0, 0.1) is 0 Å². The second-order valence-electron chi connectivity index (χ2n) is 5.51. The maximum atomic E-state index is 5.73. The summed E-state index contributed by atoms with van der Waals surface area (Å²) >= 11 is 5.73. The molecule has 0 bridgehead atoms. The molecule has 0 amide bonds. The third-order valence-corrected chi connectivity index (χ3v) is 4.19. The monoisotopic (exact) mass is 284 g/mol. The minimum atomic E-state index is 0.467. The van der Waals surface area contributed by atoms with Gasteiger partial charge in [-0.1, -0.05) is 19.3 Å². The van der Waals surface area contributed by atoms with Crippen LogP contribution in [0.1, 0.15) is 44.3 Å². The van der Waals surface area contributed by atoms with Gasteiger partial charge < -0.3 is 14.6 Å². The zero-order chi connectivity index (χ0) is 13.5. The predicted molar refractivity (Wildman–Crippen MR) is 79.5 cm³/mol. The Labute approximate surface area is 121 Å². The van der Waals surface area contributed by atoms with Crippen LogP contribution in [0.3, 0.4) is 0 Å². The van der Waals surface area contributed by atoms with Gasteiger partial charge in [-0.05, 0) is 63.1 Å². The first-order valence-corrected chi connectivity index (χ1v) is 7.78. The fourth-order valence-electron chi connectivity index (χ4n) is 2.82. The van der Waals surface area contributed by atoms with Crippen molar-refractivity contribution >= 4 is 11.6 Å². The fourth-order valence-corrected chi connectivity index (χ4v) is 2.98. The zero-order valence-electron chi connectivity index (χ0n) is 11.8. The van der Waals surface area contributed by atoms with Crippen molar-refractivity contribution in [3.63, 3.8) is 0 Å². The summed E-state index contributed by atoms with van der Waals surface area (Å²) in [6, 6.07) is 4.52. The Morgan fingerprint density at radius 2 is 2.11 bits per heavy atom. The van der Waals surface area contributed by atoms with Crippen LogP contribution >= 0.6 is 11.6 Å². The predicted octanol–water partition coefficient (Wildman–Crippen LogP) is 3.68. The maximum absolute atomic E-state index is 5.73. The average molecular weight is 285 g/mol. The summed E-state index contributed by atoms with van der Waals surface area (Å²) in [6.07, 6.45) is 8.20. The Morgan fingerprint density at radius 3 is 2.79 bits per heavy atom. The van der Waals surface area contributed by atoms with Crippen LogP contribution in [0.15, 0.2) is 16.5 Å². The van der Waals surface area contributed by atoms with E-state index in [2.05, 4.69) is 17.3 Å². The van der Waals surface area contributed by atoms with Crippen molar-refractivity contribution < 1.29 is 4.42 Å². The molecule has 0 atom stereocenters. The molecule has 19 heavy (non-hydrogen) atoms. The van der Waals surface area contributed by atoms with Crippen LogP contribution in [0.2, 0.25) is 5.22 Å². The SMILES string of the molecule is CN(CCCNCc1ccc(Cl)o1)C1CCCCC1. The molecule has 4 heteroatoms. The van der Waals surface area contributed by atoms with Gasteiger partial charge in [-0.3, -0.25) is 0 Å². The van der Waals surface area contributed by atoms with E-state index in [9.17, 15) is 0 Å². The van der Waals surface area contributed by atoms with Gasteiger partial charge >= 0.3 is 0 Å². The molecule has 3 nitrogen and oxygen atoms in total. The number of hydrogen-bond acceptors (Lipinski definition) is 3. The van der Waals surface area contributed by atoms with Crippen LogP contribution in [0.4, 0.5) is 0 Å². The van der Waals surface area contributed by atoms with Gasteiger partial charge in [-0.15, -0.1) is 0 Å². The van der Waals surface area contributed by atoms with Crippen LogP contribution in [0.5, 0.6) is 0 Å². The van der Waals surface area contributed by atoms with Crippen molar-refractivity contribution in [2.75, 3.05) is 20.1 Å². The molecule has 1 aliphatic carbocycles. The summed E-state index contributed by atoms with van der Waals surface area (Å²) in [5, 5.41) is 3.86. The summed E-state index contributed by atoms with van der Waals surface area (Å²) in [4.78, 5) is 2.53. The summed E-state index contributed by atoms with van der Waals surface area (Å²) in [5.41, 5.74) is 0. The Hall–Kier alpha value is -0.510. The van der Waals surface area contributed by atoms with E-state index in [1.54, 1.807) is 6.07 Å². The lowest BCUT2D eigenvalue weighted by atomic mass is 9.94. The number of nitrogens with zero attached hydrogens (tertiary/aromatic N) is 1. The standard InChI is InChI=1S/C15H25ClN2O/c1-18(13-6-3-2-4-7-13)11-5-10-17-12-14-8-9-15(16)19-14/h8-9,13,17H,2-7,10-12H2,1H3. The first kappa shape index (κ1) is 14.9. The van der Waals surface area contributed by atoms with Crippen LogP contribution in [-0.2, 0) is 6.54 Å². The van der Waals surface area contributed by atoms with Crippen molar-refractivity contribution in [2.45, 2.75) is 51.1 Å². The molecular weight excluding hydrogens is 260 g/mol. The van der Waals surface area contributed by atoms with Crippen molar-refractivity contribution in [1.82, 2.24) is 10.2 Å². The number of halogens is 1. The van der Waals surface area contributed by atoms with Crippen LogP contribution in [-0.4, -0.2) is 31.1 Å². The van der Waals surface area contributed by atoms with E-state index in [1.807, 2.05) is 6.07 Å². The van der Waals surface area contributed by atoms with E-state index in [4.69, 9.17) is 16.0 Å². The quantitative estimate of drug-likeness (QED) is 0.774. The Bertz CT molecular complexity index is 361. The highest BCUT2D eigenvalue weighted by molar-refractivity contribution is 6.28. The maximum Gasteiger partial charge on any atom is 0.193 e. The van der Waals surface area contributed by atoms with Crippen molar-refractivity contribution in [3.05, 3.63) is 23.1 Å². The summed E-state index contributed by atoms with van der Waals surface area (Å²) < 4.78 is 5.30. The Kier molecular flexibility index (Phi) is 6.21. The minimum Gasteiger partial charge on any atom is -0.448 e. The molecule has 0 saturated heterocycles. The Morgan fingerprint density at radius 1 is 1.32 bits per heavy atom. The molecule has 1 aromatic rings. The van der Waals surface area contributed by atoms with Crippen molar-refractivity contribution in [3.8, 4) is 0 Å². The molecule has 1 heterocycles. The Balaban J connectivity index is 1.53. The smallest absolute Gasteiger partial charge is 0.193 e. The van der Waals surface area contributed by atoms with Crippen LogP contribution in [0.25, 0.3) is 0 Å². The lowest BCUT2D eigenvalue weighted by Crippen LogP contribution is -2.35. The molecule has 2 rings (SSSR count). The summed E-state index contributed by atoms with van der Waals surface area (Å²) in [7, 11) is 2.27. The van der Waals surface area contributed by atoms with E-state index < -0.39 is 0 Å². The molecule has 1 fully saturated rings. The number of nitrogens with one attached hydrogen (secondary N) is 1. The number of hydrogen-bond donors (Lipinski definition) is 1. The van der Waals surface area contributed by atoms with Gasteiger partial charge in [0.05, 0.1) is 6.54 Å². The average Bonchev–Trinajstić information content (AvgIpc) is 2.85. The third-order valence-electron chi connectivity index (χ3n) is 3.99. The molecular formula is C15H25ClN2O. The molecule has 0 unspecified atom stereocenters. The first-order chi connectivity index (χ1) is 9.25. The second kappa shape index (κ2) is 7.93. The van der Waals surface area contributed by atoms with Gasteiger partial charge in [0.2, 0.25) is 0 Å². The zero-order valence-corrected chi connectivity index (χ0v) is 12.6. The lowest BCUT2D eigenvalue weighted by Gasteiger charge is -2.31. The van der Waals surface area contributed by atoms with Gasteiger partial charge in [-0.2, -0.15) is 0 Å². The number of furan rings is 1. The molecule has 0 spiro atoms. The third kappa shape index (κ3) is 5.17. The van der Waals surface area contributed by atoms with Gasteiger partial charge in [0, 0.05) is 6.04 Å². The van der Waals surface area contributed by atoms with Crippen molar-refractivity contribution in [2.24, 2.45) is 0 Å². The normalized spacial score (nSPS) is 17.2. The minimum absolute atomic E-state index is 0.467. The van der Waals surface area contributed by atoms with E-state index >= 15 is 0 Å². The van der Waals surface area contributed by atoms with Crippen LogP contribution < -0.4 is 5.32 Å². The number of rotatable bonds is 7. The first-order valence-electron chi connectivity index (χ1n) is 7.41. The molecule has 108 valence electrons. The van der Waals surface area contributed by atoms with E-state index in [1.165, 1.54) is 45.1 Å². The molecule has 1 saturated carbocycles.